The maximum absolute atomic E-state index is 9.47. The maximum atomic E-state index is 9.47. The smallest absolute Gasteiger partial charge is 0.0543 e. The molecule has 0 aromatic heterocycles. The second-order valence-electron chi connectivity index (χ2n) is 3.65. The zero-order valence-electron chi connectivity index (χ0n) is 8.29. The zero-order valence-corrected chi connectivity index (χ0v) is 8.29. The second-order valence-corrected chi connectivity index (χ2v) is 3.65. The lowest BCUT2D eigenvalue weighted by Gasteiger charge is -2.14. The third-order valence-electron chi connectivity index (χ3n) is 2.15. The third-order valence-corrected chi connectivity index (χ3v) is 2.15. The molecule has 0 aromatic rings. The van der Waals surface area contributed by atoms with Crippen molar-refractivity contribution in [2.45, 2.75) is 52.1 Å². The van der Waals surface area contributed by atoms with E-state index in [9.17, 15) is 5.11 Å². The minimum absolute atomic E-state index is 0.194. The van der Waals surface area contributed by atoms with Crippen molar-refractivity contribution in [3.63, 3.8) is 0 Å². The fourth-order valence-corrected chi connectivity index (χ4v) is 1.52. The van der Waals surface area contributed by atoms with Crippen molar-refractivity contribution in [1.29, 1.82) is 0 Å². The fraction of sp³-hybridized carbons (Fsp3) is 1.00. The molecule has 12 heavy (non-hydrogen) atoms. The summed E-state index contributed by atoms with van der Waals surface area (Å²) in [6, 6.07) is 0. The third kappa shape index (κ3) is 6.62. The zero-order chi connectivity index (χ0) is 9.40. The minimum Gasteiger partial charge on any atom is -0.396 e. The van der Waals surface area contributed by atoms with Gasteiger partial charge in [0, 0.05) is 6.61 Å². The highest BCUT2D eigenvalue weighted by Crippen LogP contribution is 2.14. The van der Waals surface area contributed by atoms with E-state index in [2.05, 4.69) is 13.8 Å². The highest BCUT2D eigenvalue weighted by atomic mass is 16.3. The van der Waals surface area contributed by atoms with E-state index in [1.54, 1.807) is 0 Å². The van der Waals surface area contributed by atoms with Crippen LogP contribution in [0.5, 0.6) is 0 Å². The number of hydrogen-bond acceptors (Lipinski definition) is 2. The Morgan fingerprint density at radius 3 is 2.42 bits per heavy atom. The van der Waals surface area contributed by atoms with Gasteiger partial charge in [-0.1, -0.05) is 26.7 Å². The molecule has 0 spiro atoms. The molecule has 0 radical (unpaired) electrons. The van der Waals surface area contributed by atoms with E-state index >= 15 is 0 Å². The van der Waals surface area contributed by atoms with E-state index in [0.717, 1.165) is 19.3 Å². The van der Waals surface area contributed by atoms with Crippen LogP contribution in [0.15, 0.2) is 0 Å². The number of hydrogen-bond donors (Lipinski definition) is 2. The van der Waals surface area contributed by atoms with Crippen LogP contribution in [0.2, 0.25) is 0 Å². The monoisotopic (exact) mass is 174 g/mol. The van der Waals surface area contributed by atoms with Gasteiger partial charge in [-0.25, -0.2) is 0 Å². The molecule has 0 fully saturated rings. The van der Waals surface area contributed by atoms with Gasteiger partial charge in [0.2, 0.25) is 0 Å². The van der Waals surface area contributed by atoms with Gasteiger partial charge in [0.15, 0.2) is 0 Å². The van der Waals surface area contributed by atoms with Gasteiger partial charge in [0.05, 0.1) is 6.10 Å². The highest BCUT2D eigenvalue weighted by molar-refractivity contribution is 4.61. The largest absolute Gasteiger partial charge is 0.396 e. The lowest BCUT2D eigenvalue weighted by atomic mass is 9.97. The van der Waals surface area contributed by atoms with Crippen LogP contribution in [-0.2, 0) is 0 Å². The van der Waals surface area contributed by atoms with E-state index in [-0.39, 0.29) is 12.7 Å². The van der Waals surface area contributed by atoms with Crippen molar-refractivity contribution in [3.05, 3.63) is 0 Å². The summed E-state index contributed by atoms with van der Waals surface area (Å²) >= 11 is 0. The molecule has 2 atom stereocenters. The first-order chi connectivity index (χ1) is 5.70. The van der Waals surface area contributed by atoms with Gasteiger partial charge in [0.1, 0.15) is 0 Å². The van der Waals surface area contributed by atoms with E-state index in [1.807, 2.05) is 0 Å². The van der Waals surface area contributed by atoms with Crippen molar-refractivity contribution in [2.75, 3.05) is 6.61 Å². The van der Waals surface area contributed by atoms with Crippen LogP contribution in [0.3, 0.4) is 0 Å². The molecule has 2 heteroatoms. The van der Waals surface area contributed by atoms with Crippen molar-refractivity contribution < 1.29 is 10.2 Å². The van der Waals surface area contributed by atoms with Crippen LogP contribution < -0.4 is 0 Å². The predicted octanol–water partition coefficient (Wildman–Crippen LogP) is 1.95. The van der Waals surface area contributed by atoms with Gasteiger partial charge < -0.3 is 10.2 Å². The summed E-state index contributed by atoms with van der Waals surface area (Å²) in [6.07, 6.45) is 4.52. The summed E-state index contributed by atoms with van der Waals surface area (Å²) in [4.78, 5) is 0. The van der Waals surface area contributed by atoms with Crippen molar-refractivity contribution in [3.8, 4) is 0 Å². The molecule has 0 rings (SSSR count). The van der Waals surface area contributed by atoms with Crippen LogP contribution in [0.4, 0.5) is 0 Å². The highest BCUT2D eigenvalue weighted by Gasteiger charge is 2.08. The summed E-state index contributed by atoms with van der Waals surface area (Å²) in [5.74, 6) is 0.615. The first kappa shape index (κ1) is 11.9. The van der Waals surface area contributed by atoms with Crippen LogP contribution >= 0.6 is 0 Å². The van der Waals surface area contributed by atoms with Crippen LogP contribution in [0, 0.1) is 5.92 Å². The normalized spacial score (nSPS) is 16.0. The average molecular weight is 174 g/mol. The topological polar surface area (TPSA) is 40.5 Å². The summed E-state index contributed by atoms with van der Waals surface area (Å²) in [5, 5.41) is 18.0. The summed E-state index contributed by atoms with van der Waals surface area (Å²) in [7, 11) is 0. The van der Waals surface area contributed by atoms with Crippen molar-refractivity contribution >= 4 is 0 Å². The van der Waals surface area contributed by atoms with Crippen molar-refractivity contribution in [1.82, 2.24) is 0 Å². The molecule has 2 N–H and O–H groups in total. The number of aliphatic hydroxyl groups is 2. The molecular formula is C10H22O2. The Labute approximate surface area is 75.6 Å². The van der Waals surface area contributed by atoms with E-state index in [0.29, 0.717) is 5.92 Å². The van der Waals surface area contributed by atoms with Crippen molar-refractivity contribution in [2.24, 2.45) is 5.92 Å². The Hall–Kier alpha value is -0.0800. The van der Waals surface area contributed by atoms with E-state index < -0.39 is 0 Å². The molecular weight excluding hydrogens is 152 g/mol. The Morgan fingerprint density at radius 2 is 1.92 bits per heavy atom. The van der Waals surface area contributed by atoms with Crippen LogP contribution in [-0.4, -0.2) is 22.9 Å². The first-order valence-corrected chi connectivity index (χ1v) is 4.99. The summed E-state index contributed by atoms with van der Waals surface area (Å²) < 4.78 is 0. The van der Waals surface area contributed by atoms with Gasteiger partial charge in [-0.2, -0.15) is 0 Å². The standard InChI is InChI=1S/C10H22O2/c1-3-5-9(2)8-10(12)6-4-7-11/h9-12H,3-8H2,1-2H3. The Bertz CT molecular complexity index is 93.8. The lowest BCUT2D eigenvalue weighted by molar-refractivity contribution is 0.123. The Morgan fingerprint density at radius 1 is 1.25 bits per heavy atom. The minimum atomic E-state index is -0.210. The van der Waals surface area contributed by atoms with Gasteiger partial charge in [-0.3, -0.25) is 0 Å². The van der Waals surface area contributed by atoms with Crippen LogP contribution in [0.25, 0.3) is 0 Å². The molecule has 0 saturated heterocycles. The second kappa shape index (κ2) is 7.56. The molecule has 0 aliphatic rings. The maximum Gasteiger partial charge on any atom is 0.0543 e. The Balaban J connectivity index is 3.33. The summed E-state index contributed by atoms with van der Waals surface area (Å²) in [6.45, 7) is 4.53. The molecule has 0 bridgehead atoms. The van der Waals surface area contributed by atoms with E-state index in [1.165, 1.54) is 12.8 Å². The first-order valence-electron chi connectivity index (χ1n) is 4.99. The summed E-state index contributed by atoms with van der Waals surface area (Å²) in [5.41, 5.74) is 0. The molecule has 0 aromatic carbocycles. The number of rotatable bonds is 7. The van der Waals surface area contributed by atoms with Gasteiger partial charge >= 0.3 is 0 Å². The lowest BCUT2D eigenvalue weighted by Crippen LogP contribution is -2.12. The predicted molar refractivity (Wildman–Crippen MR) is 51.0 cm³/mol. The molecule has 0 saturated carbocycles. The van der Waals surface area contributed by atoms with Gasteiger partial charge in [-0.05, 0) is 25.2 Å². The fourth-order valence-electron chi connectivity index (χ4n) is 1.52. The SMILES string of the molecule is CCCC(C)CC(O)CCCO. The molecule has 0 heterocycles. The molecule has 74 valence electrons. The quantitative estimate of drug-likeness (QED) is 0.619. The molecule has 2 unspecified atom stereocenters. The number of aliphatic hydroxyl groups excluding tert-OH is 2. The Kier molecular flexibility index (Phi) is 7.51. The average Bonchev–Trinajstić information content (AvgIpc) is 2.01. The van der Waals surface area contributed by atoms with Gasteiger partial charge in [0.25, 0.3) is 0 Å². The molecule has 0 amide bonds. The van der Waals surface area contributed by atoms with Crippen LogP contribution in [0.1, 0.15) is 46.0 Å². The molecule has 0 aliphatic carbocycles. The van der Waals surface area contributed by atoms with Gasteiger partial charge in [-0.15, -0.1) is 0 Å². The molecule has 0 aliphatic heterocycles. The molecule has 2 nitrogen and oxygen atoms in total. The van der Waals surface area contributed by atoms with E-state index in [4.69, 9.17) is 5.11 Å².